The van der Waals surface area contributed by atoms with Gasteiger partial charge in [0.05, 0.1) is 0 Å². The molecule has 0 spiro atoms. The smallest absolute Gasteiger partial charge is 0.0434 e. The zero-order valence-electron chi connectivity index (χ0n) is 38.8. The third kappa shape index (κ3) is 4.28. The van der Waals surface area contributed by atoms with E-state index in [0.717, 1.165) is 0 Å². The monoisotopic (exact) mass is 808 g/mol. The number of hydrogen-bond acceptors (Lipinski definition) is 1. The van der Waals surface area contributed by atoms with Gasteiger partial charge in [0.15, 0.2) is 0 Å². The zero-order chi connectivity index (χ0) is 42.7. The van der Waals surface area contributed by atoms with E-state index in [1.54, 1.807) is 0 Å². The minimum absolute atomic E-state index is 0.00874. The van der Waals surface area contributed by atoms with E-state index >= 15 is 0 Å². The lowest BCUT2D eigenvalue weighted by Crippen LogP contribution is -2.13. The first-order valence-electron chi connectivity index (χ1n) is 22.8. The third-order valence-corrected chi connectivity index (χ3v) is 16.5. The van der Waals surface area contributed by atoms with Gasteiger partial charge in [-0.3, -0.25) is 0 Å². The van der Waals surface area contributed by atoms with Crippen LogP contribution in [-0.4, -0.2) is 0 Å². The Morgan fingerprint density at radius 2 is 0.426 bits per heavy atom. The molecule has 0 aliphatic rings. The molecule has 302 valence electrons. The Kier molecular flexibility index (Phi) is 6.27. The fraction of sp³-hybridized carbons (Fsp3) is 0.333. The molecule has 12 aromatic carbocycles. The lowest BCUT2D eigenvalue weighted by molar-refractivity contribution is 0.591. The maximum absolute atomic E-state index is 2.61. The minimum atomic E-state index is -0.0324. The highest BCUT2D eigenvalue weighted by Crippen LogP contribution is 2.62. The molecule has 13 rings (SSSR count). The van der Waals surface area contributed by atoms with Crippen molar-refractivity contribution in [3.63, 3.8) is 0 Å². The molecule has 1 heterocycles. The second-order valence-electron chi connectivity index (χ2n) is 24.6. The molecule has 1 heteroatoms. The SMILES string of the molecule is CC(C)(C)c1cc2c3cc(C(C)(C)C)cc4c5cc(C(C)(C)C)cc6c7csc8c9cc(C(C)(C)C)cc%10c%11cc(C(C)(C)C)cc%12c(c1)c2c1c(c34)c(c56)c(c78)c(c%109)c1c%12%11. The van der Waals surface area contributed by atoms with Crippen LogP contribution in [0.4, 0.5) is 0 Å². The van der Waals surface area contributed by atoms with Gasteiger partial charge in [-0.2, -0.15) is 0 Å². The summed E-state index contributed by atoms with van der Waals surface area (Å²) in [5.74, 6) is 0. The first kappa shape index (κ1) is 36.7. The molecule has 0 atom stereocenters. The molecule has 13 aromatic rings. The van der Waals surface area contributed by atoms with Crippen LogP contribution in [-0.2, 0) is 27.1 Å². The quantitative estimate of drug-likeness (QED) is 0.106. The molecule has 0 unspecified atom stereocenters. The van der Waals surface area contributed by atoms with E-state index in [1.807, 2.05) is 11.3 Å². The molecule has 0 fully saturated rings. The van der Waals surface area contributed by atoms with Crippen LogP contribution < -0.4 is 0 Å². The molecule has 0 aliphatic carbocycles. The highest BCUT2D eigenvalue weighted by molar-refractivity contribution is 7.19. The van der Waals surface area contributed by atoms with Gasteiger partial charge in [0, 0.05) is 31.6 Å². The van der Waals surface area contributed by atoms with Crippen LogP contribution in [0.25, 0.3) is 129 Å². The van der Waals surface area contributed by atoms with E-state index in [9.17, 15) is 0 Å². The van der Waals surface area contributed by atoms with E-state index in [0.29, 0.717) is 0 Å². The first-order valence-corrected chi connectivity index (χ1v) is 23.6. The van der Waals surface area contributed by atoms with Crippen LogP contribution >= 0.6 is 11.3 Å². The Morgan fingerprint density at radius 3 is 0.672 bits per heavy atom. The molecular formula is C60H56S. The second kappa shape index (κ2) is 10.4. The molecular weight excluding hydrogens is 753 g/mol. The lowest BCUT2D eigenvalue weighted by Gasteiger charge is -2.32. The predicted octanol–water partition coefficient (Wildman–Crippen LogP) is 18.7. The van der Waals surface area contributed by atoms with Gasteiger partial charge < -0.3 is 0 Å². The summed E-state index contributed by atoms with van der Waals surface area (Å²) in [6.45, 7) is 36.0. The van der Waals surface area contributed by atoms with E-state index < -0.39 is 0 Å². The van der Waals surface area contributed by atoms with Crippen LogP contribution in [0.3, 0.4) is 0 Å². The Bertz CT molecular complexity index is 3770. The largest absolute Gasteiger partial charge is 0.142 e. The Morgan fingerprint density at radius 1 is 0.230 bits per heavy atom. The second-order valence-corrected chi connectivity index (χ2v) is 25.5. The summed E-state index contributed by atoms with van der Waals surface area (Å²) >= 11 is 1.98. The summed E-state index contributed by atoms with van der Waals surface area (Å²) in [5, 5.41) is 35.9. The summed E-state index contributed by atoms with van der Waals surface area (Å²) in [6.07, 6.45) is 0. The number of benzene rings is 12. The van der Waals surface area contributed by atoms with Gasteiger partial charge in [0.1, 0.15) is 0 Å². The van der Waals surface area contributed by atoms with Gasteiger partial charge in [-0.1, -0.05) is 104 Å². The van der Waals surface area contributed by atoms with E-state index in [-0.39, 0.29) is 27.1 Å². The average Bonchev–Trinajstić information content (AvgIpc) is 3.62. The number of hydrogen-bond donors (Lipinski definition) is 0. The summed E-state index contributed by atoms with van der Waals surface area (Å²) in [4.78, 5) is 0. The summed E-state index contributed by atoms with van der Waals surface area (Å²) in [5.41, 5.74) is 6.96. The summed E-state index contributed by atoms with van der Waals surface area (Å²) in [6, 6.07) is 26.0. The molecule has 0 N–H and O–H groups in total. The normalized spacial score (nSPS) is 14.8. The van der Waals surface area contributed by atoms with Crippen molar-refractivity contribution in [3.8, 4) is 0 Å². The number of rotatable bonds is 0. The Labute approximate surface area is 362 Å². The number of thiophene rings is 1. The maximum Gasteiger partial charge on any atom is 0.0434 e. The molecule has 0 amide bonds. The Hall–Kier alpha value is -4.98. The van der Waals surface area contributed by atoms with Crippen molar-refractivity contribution < 1.29 is 0 Å². The fourth-order valence-corrected chi connectivity index (χ4v) is 13.2. The van der Waals surface area contributed by atoms with Crippen molar-refractivity contribution in [1.29, 1.82) is 0 Å². The van der Waals surface area contributed by atoms with Crippen molar-refractivity contribution >= 4 is 140 Å². The van der Waals surface area contributed by atoms with Gasteiger partial charge in [-0.25, -0.2) is 0 Å². The minimum Gasteiger partial charge on any atom is -0.142 e. The van der Waals surface area contributed by atoms with Crippen LogP contribution in [0.15, 0.2) is 66.0 Å². The first-order chi connectivity index (χ1) is 28.4. The van der Waals surface area contributed by atoms with Crippen LogP contribution in [0, 0.1) is 0 Å². The summed E-state index contributed by atoms with van der Waals surface area (Å²) in [7, 11) is 0. The standard InChI is InChI=1S/C60H56S/c1-56(2,3)27-16-32-34-18-28(57(4,5)6)20-36-37-22-30(59(10,11)12)24-40-42-26-61-55-41-25-31(60(13,14)15)23-39-38-21-29(58(7,8)9)19-35-33(17-27)43(32)49-50(44(34)36)52(46(37)40)54(48(42)55)53(47(39)41)51(49)45(35)38/h16-26H,1-15H3. The van der Waals surface area contributed by atoms with Crippen LogP contribution in [0.1, 0.15) is 132 Å². The molecule has 0 saturated heterocycles. The van der Waals surface area contributed by atoms with Gasteiger partial charge in [0.25, 0.3) is 0 Å². The molecule has 1 aromatic heterocycles. The summed E-state index contributed by atoms with van der Waals surface area (Å²) < 4.78 is 1.45. The van der Waals surface area contributed by atoms with Gasteiger partial charge >= 0.3 is 0 Å². The van der Waals surface area contributed by atoms with Crippen LogP contribution in [0.2, 0.25) is 0 Å². The van der Waals surface area contributed by atoms with Gasteiger partial charge in [0.2, 0.25) is 0 Å². The molecule has 0 aliphatic heterocycles. The van der Waals surface area contributed by atoms with Crippen molar-refractivity contribution in [2.24, 2.45) is 0 Å². The lowest BCUT2D eigenvalue weighted by atomic mass is 9.71. The Balaban J connectivity index is 1.50. The molecule has 61 heavy (non-hydrogen) atoms. The van der Waals surface area contributed by atoms with Crippen molar-refractivity contribution in [2.75, 3.05) is 0 Å². The number of fused-ring (bicyclic) bond motifs is 6. The van der Waals surface area contributed by atoms with Gasteiger partial charge in [-0.15, -0.1) is 11.3 Å². The van der Waals surface area contributed by atoms with E-state index in [4.69, 9.17) is 0 Å². The highest BCUT2D eigenvalue weighted by Gasteiger charge is 2.35. The maximum atomic E-state index is 2.61. The third-order valence-electron chi connectivity index (χ3n) is 15.5. The fourth-order valence-electron chi connectivity index (χ4n) is 12.1. The van der Waals surface area contributed by atoms with Gasteiger partial charge in [-0.05, 0) is 218 Å². The predicted molar refractivity (Wildman–Crippen MR) is 275 cm³/mol. The van der Waals surface area contributed by atoms with Crippen molar-refractivity contribution in [1.82, 2.24) is 0 Å². The van der Waals surface area contributed by atoms with Crippen molar-refractivity contribution in [2.45, 2.75) is 131 Å². The van der Waals surface area contributed by atoms with Crippen molar-refractivity contribution in [3.05, 3.63) is 93.9 Å². The zero-order valence-corrected chi connectivity index (χ0v) is 39.6. The molecule has 0 radical (unpaired) electrons. The van der Waals surface area contributed by atoms with E-state index in [2.05, 4.69) is 170 Å². The molecule has 0 bridgehead atoms. The van der Waals surface area contributed by atoms with Crippen LogP contribution in [0.5, 0.6) is 0 Å². The molecule has 0 saturated carbocycles. The van der Waals surface area contributed by atoms with E-state index in [1.165, 1.54) is 156 Å². The average molecular weight is 809 g/mol. The molecule has 0 nitrogen and oxygen atoms in total. The highest BCUT2D eigenvalue weighted by atomic mass is 32.1. The topological polar surface area (TPSA) is 0 Å².